The van der Waals surface area contributed by atoms with Gasteiger partial charge in [0.05, 0.1) is 24.5 Å². The van der Waals surface area contributed by atoms with Crippen molar-refractivity contribution in [3.05, 3.63) is 57.9 Å². The highest BCUT2D eigenvalue weighted by Crippen LogP contribution is 2.23. The average Bonchev–Trinajstić information content (AvgIpc) is 2.99. The summed E-state index contributed by atoms with van der Waals surface area (Å²) in [6, 6.07) is 9.11. The molecule has 6 nitrogen and oxygen atoms in total. The number of hydrogen-bond acceptors (Lipinski definition) is 5. The van der Waals surface area contributed by atoms with E-state index in [1.54, 1.807) is 45.0 Å². The molecule has 2 rings (SSSR count). The van der Waals surface area contributed by atoms with Gasteiger partial charge in [0, 0.05) is 5.69 Å². The lowest BCUT2D eigenvalue weighted by atomic mass is 10.0. The minimum Gasteiger partial charge on any atom is -0.494 e. The number of nitriles is 1. The van der Waals surface area contributed by atoms with E-state index < -0.39 is 11.8 Å². The molecule has 0 fully saturated rings. The van der Waals surface area contributed by atoms with Gasteiger partial charge in [0.15, 0.2) is 0 Å². The Morgan fingerprint density at radius 3 is 2.43 bits per heavy atom. The first-order chi connectivity index (χ1) is 13.4. The number of aromatic amines is 1. The van der Waals surface area contributed by atoms with Crippen LogP contribution in [0.3, 0.4) is 0 Å². The largest absolute Gasteiger partial charge is 0.494 e. The van der Waals surface area contributed by atoms with Crippen molar-refractivity contribution >= 4 is 17.8 Å². The van der Waals surface area contributed by atoms with Gasteiger partial charge in [-0.05, 0) is 56.5 Å². The topological polar surface area (TPSA) is 92.2 Å². The fourth-order valence-electron chi connectivity index (χ4n) is 2.82. The molecular weight excluding hydrogens is 356 g/mol. The van der Waals surface area contributed by atoms with E-state index in [0.29, 0.717) is 29.0 Å². The predicted molar refractivity (Wildman–Crippen MR) is 106 cm³/mol. The van der Waals surface area contributed by atoms with E-state index in [0.717, 1.165) is 12.2 Å². The number of allylic oxidation sites excluding steroid dienone is 1. The van der Waals surface area contributed by atoms with Gasteiger partial charge in [0.1, 0.15) is 17.4 Å². The van der Waals surface area contributed by atoms with Crippen molar-refractivity contribution in [2.24, 2.45) is 0 Å². The molecule has 1 aromatic carbocycles. The summed E-state index contributed by atoms with van der Waals surface area (Å²) in [6.45, 7) is 7.98. The maximum Gasteiger partial charge on any atom is 0.340 e. The molecule has 0 amide bonds. The molecule has 0 aliphatic carbocycles. The zero-order valence-electron chi connectivity index (χ0n) is 16.6. The number of hydrogen-bond donors (Lipinski definition) is 1. The molecule has 0 aliphatic heterocycles. The van der Waals surface area contributed by atoms with Crippen LogP contribution in [0.1, 0.15) is 57.9 Å². The van der Waals surface area contributed by atoms with Crippen LogP contribution in [0.25, 0.3) is 6.08 Å². The number of carbonyl (C=O) groups excluding carboxylic acids is 2. The summed E-state index contributed by atoms with van der Waals surface area (Å²) < 4.78 is 10.6. The maximum atomic E-state index is 12.9. The Morgan fingerprint density at radius 2 is 1.86 bits per heavy atom. The monoisotopic (exact) mass is 380 g/mol. The first-order valence-corrected chi connectivity index (χ1v) is 9.18. The summed E-state index contributed by atoms with van der Waals surface area (Å²) in [7, 11) is 0. The molecule has 0 spiro atoms. The number of Topliss-reactive ketones (excluding diaryl/α,β-unsaturated/α-hetero) is 1. The third-order valence-electron chi connectivity index (χ3n) is 4.17. The van der Waals surface area contributed by atoms with E-state index in [1.165, 1.54) is 6.08 Å². The fourth-order valence-corrected chi connectivity index (χ4v) is 2.82. The third-order valence-corrected chi connectivity index (χ3v) is 4.17. The summed E-state index contributed by atoms with van der Waals surface area (Å²) in [6.07, 6.45) is 2.43. The van der Waals surface area contributed by atoms with Gasteiger partial charge in [0.2, 0.25) is 5.78 Å². The normalized spacial score (nSPS) is 11.0. The summed E-state index contributed by atoms with van der Waals surface area (Å²) in [5.41, 5.74) is 2.25. The number of nitrogens with zero attached hydrogens (tertiary/aromatic N) is 1. The highest BCUT2D eigenvalue weighted by Gasteiger charge is 2.24. The minimum atomic E-state index is -0.488. The van der Waals surface area contributed by atoms with Crippen LogP contribution in [0, 0.1) is 25.2 Å². The lowest BCUT2D eigenvalue weighted by Crippen LogP contribution is -2.08. The standard InChI is InChI=1S/C22H24N2O4/c1-5-11-28-18-9-7-16(8-10-18)12-17(13-23)21(25)20-14(3)19(15(4)24-20)22(26)27-6-2/h7-10,12,24H,5-6,11H2,1-4H3/b17-12+. The number of aryl methyl sites for hydroxylation is 1. The Bertz CT molecular complexity index is 931. The summed E-state index contributed by atoms with van der Waals surface area (Å²) >= 11 is 0. The first-order valence-electron chi connectivity index (χ1n) is 9.18. The predicted octanol–water partition coefficient (Wildman–Crippen LogP) is 4.39. The van der Waals surface area contributed by atoms with Crippen LogP contribution < -0.4 is 4.74 Å². The van der Waals surface area contributed by atoms with Crippen molar-refractivity contribution in [2.45, 2.75) is 34.1 Å². The van der Waals surface area contributed by atoms with E-state index in [2.05, 4.69) is 4.98 Å². The van der Waals surface area contributed by atoms with E-state index >= 15 is 0 Å². The smallest absolute Gasteiger partial charge is 0.340 e. The minimum absolute atomic E-state index is 0.0259. The van der Waals surface area contributed by atoms with Gasteiger partial charge in [-0.2, -0.15) is 5.26 Å². The van der Waals surface area contributed by atoms with E-state index in [9.17, 15) is 14.9 Å². The van der Waals surface area contributed by atoms with Gasteiger partial charge >= 0.3 is 5.97 Å². The van der Waals surface area contributed by atoms with Crippen LogP contribution in [0.4, 0.5) is 0 Å². The molecule has 0 atom stereocenters. The zero-order chi connectivity index (χ0) is 20.7. The summed E-state index contributed by atoms with van der Waals surface area (Å²) in [5, 5.41) is 9.48. The summed E-state index contributed by atoms with van der Waals surface area (Å²) in [5.74, 6) is -0.221. The molecule has 0 aliphatic rings. The Balaban J connectivity index is 2.31. The van der Waals surface area contributed by atoms with Crippen molar-refractivity contribution in [1.82, 2.24) is 4.98 Å². The maximum absolute atomic E-state index is 12.9. The van der Waals surface area contributed by atoms with Gasteiger partial charge in [-0.15, -0.1) is 0 Å². The molecule has 1 N–H and O–H groups in total. The Hall–Kier alpha value is -3.33. The zero-order valence-corrected chi connectivity index (χ0v) is 16.6. The molecule has 6 heteroatoms. The number of aromatic nitrogens is 1. The van der Waals surface area contributed by atoms with Crippen LogP contribution in [-0.4, -0.2) is 30.0 Å². The lowest BCUT2D eigenvalue weighted by molar-refractivity contribution is 0.0525. The second kappa shape index (κ2) is 9.56. The number of ether oxygens (including phenoxy) is 2. The second-order valence-corrected chi connectivity index (χ2v) is 6.26. The van der Waals surface area contributed by atoms with Crippen molar-refractivity contribution in [1.29, 1.82) is 5.26 Å². The third kappa shape index (κ3) is 4.68. The molecule has 2 aromatic rings. The SMILES string of the molecule is CCCOc1ccc(/C=C(\C#N)C(=O)c2[nH]c(C)c(C(=O)OCC)c2C)cc1. The van der Waals surface area contributed by atoms with Crippen molar-refractivity contribution in [3.63, 3.8) is 0 Å². The number of rotatable bonds is 8. The Kier molecular flexibility index (Phi) is 7.16. The number of esters is 1. The number of carbonyl (C=O) groups is 2. The summed E-state index contributed by atoms with van der Waals surface area (Å²) in [4.78, 5) is 27.9. The van der Waals surface area contributed by atoms with E-state index in [-0.39, 0.29) is 17.9 Å². The molecule has 146 valence electrons. The molecule has 1 heterocycles. The van der Waals surface area contributed by atoms with Crippen LogP contribution in [0.5, 0.6) is 5.75 Å². The number of benzene rings is 1. The van der Waals surface area contributed by atoms with Gasteiger partial charge in [-0.25, -0.2) is 4.79 Å². The van der Waals surface area contributed by atoms with Gasteiger partial charge in [-0.3, -0.25) is 4.79 Å². The molecule has 0 saturated carbocycles. The number of nitrogens with one attached hydrogen (secondary N) is 1. The van der Waals surface area contributed by atoms with Crippen LogP contribution in [0.2, 0.25) is 0 Å². The lowest BCUT2D eigenvalue weighted by Gasteiger charge is -2.05. The highest BCUT2D eigenvalue weighted by atomic mass is 16.5. The highest BCUT2D eigenvalue weighted by molar-refractivity contribution is 6.15. The van der Waals surface area contributed by atoms with Crippen LogP contribution in [0.15, 0.2) is 29.8 Å². The van der Waals surface area contributed by atoms with Gasteiger partial charge < -0.3 is 14.5 Å². The van der Waals surface area contributed by atoms with Gasteiger partial charge in [-0.1, -0.05) is 19.1 Å². The van der Waals surface area contributed by atoms with Crippen molar-refractivity contribution in [2.75, 3.05) is 13.2 Å². The molecular formula is C22H24N2O4. The van der Waals surface area contributed by atoms with Crippen molar-refractivity contribution < 1.29 is 19.1 Å². The molecule has 0 bridgehead atoms. The molecule has 0 unspecified atom stereocenters. The van der Waals surface area contributed by atoms with Crippen LogP contribution >= 0.6 is 0 Å². The second-order valence-electron chi connectivity index (χ2n) is 6.26. The fraction of sp³-hybridized carbons (Fsp3) is 0.318. The van der Waals surface area contributed by atoms with Gasteiger partial charge in [0.25, 0.3) is 0 Å². The Morgan fingerprint density at radius 1 is 1.18 bits per heavy atom. The van der Waals surface area contributed by atoms with E-state index in [1.807, 2.05) is 13.0 Å². The van der Waals surface area contributed by atoms with E-state index in [4.69, 9.17) is 9.47 Å². The number of ketones is 1. The Labute approximate surface area is 164 Å². The molecule has 1 aromatic heterocycles. The van der Waals surface area contributed by atoms with Crippen molar-refractivity contribution in [3.8, 4) is 11.8 Å². The van der Waals surface area contributed by atoms with Crippen LogP contribution in [-0.2, 0) is 4.74 Å². The molecule has 28 heavy (non-hydrogen) atoms. The molecule has 0 radical (unpaired) electrons. The number of H-pyrrole nitrogens is 1. The molecule has 0 saturated heterocycles. The first kappa shape index (κ1) is 21.0. The quantitative estimate of drug-likeness (QED) is 0.317. The average molecular weight is 380 g/mol.